The van der Waals surface area contributed by atoms with Gasteiger partial charge in [-0.25, -0.2) is 4.79 Å². The molecule has 2 aromatic rings. The first-order chi connectivity index (χ1) is 7.16. The Bertz CT molecular complexity index is 486. The van der Waals surface area contributed by atoms with E-state index in [9.17, 15) is 4.79 Å². The molecule has 0 aliphatic heterocycles. The van der Waals surface area contributed by atoms with Crippen LogP contribution in [0.4, 0.5) is 0 Å². The lowest BCUT2D eigenvalue weighted by Crippen LogP contribution is -2.08. The molecule has 0 spiro atoms. The summed E-state index contributed by atoms with van der Waals surface area (Å²) in [6.45, 7) is 0.419. The third-order valence-electron chi connectivity index (χ3n) is 2.03. The fraction of sp³-hybridized carbons (Fsp3) is 0.222. The highest BCUT2D eigenvalue weighted by molar-refractivity contribution is 5.85. The van der Waals surface area contributed by atoms with Crippen LogP contribution in [0.3, 0.4) is 0 Å². The molecule has 0 amide bonds. The van der Waals surface area contributed by atoms with Crippen LogP contribution < -0.4 is 0 Å². The third-order valence-corrected chi connectivity index (χ3v) is 2.03. The van der Waals surface area contributed by atoms with E-state index in [4.69, 9.17) is 5.11 Å². The van der Waals surface area contributed by atoms with Crippen LogP contribution in [0.1, 0.15) is 16.2 Å². The molecule has 2 rings (SSSR count). The molecule has 6 heteroatoms. The number of aromatic nitrogens is 4. The minimum atomic E-state index is -0.941. The predicted octanol–water partition coefficient (Wildman–Crippen LogP) is 0.363. The number of hydrogen-bond donors (Lipinski definition) is 1. The SMILES string of the molecule is Cn1cc(Cn2cccc2C(=O)O)nn1. The lowest BCUT2D eigenvalue weighted by atomic mass is 10.4. The normalized spacial score (nSPS) is 10.5. The van der Waals surface area contributed by atoms with Crippen LogP contribution in [0.25, 0.3) is 0 Å². The standard InChI is InChI=1S/C9H10N4O2/c1-12-5-7(10-11-12)6-13-4-2-3-8(13)9(14)15/h2-5H,6H2,1H3,(H,14,15). The molecule has 0 fully saturated rings. The number of hydrogen-bond acceptors (Lipinski definition) is 3. The van der Waals surface area contributed by atoms with E-state index < -0.39 is 5.97 Å². The zero-order valence-electron chi connectivity index (χ0n) is 8.16. The molecule has 0 unspecified atom stereocenters. The Kier molecular flexibility index (Phi) is 2.24. The molecule has 0 aliphatic rings. The van der Waals surface area contributed by atoms with Gasteiger partial charge in [0.1, 0.15) is 11.4 Å². The van der Waals surface area contributed by atoms with Crippen molar-refractivity contribution in [3.8, 4) is 0 Å². The molecule has 0 saturated heterocycles. The Labute approximate surface area is 85.8 Å². The number of rotatable bonds is 3. The van der Waals surface area contributed by atoms with Gasteiger partial charge in [-0.15, -0.1) is 5.10 Å². The number of aryl methyl sites for hydroxylation is 1. The van der Waals surface area contributed by atoms with Crippen LogP contribution in [-0.2, 0) is 13.6 Å². The van der Waals surface area contributed by atoms with Crippen molar-refractivity contribution in [2.75, 3.05) is 0 Å². The van der Waals surface area contributed by atoms with Crippen LogP contribution in [0.2, 0.25) is 0 Å². The summed E-state index contributed by atoms with van der Waals surface area (Å²) in [5.41, 5.74) is 0.983. The van der Waals surface area contributed by atoms with Gasteiger partial charge in [0.25, 0.3) is 0 Å². The summed E-state index contributed by atoms with van der Waals surface area (Å²) >= 11 is 0. The Morgan fingerprint density at radius 2 is 2.40 bits per heavy atom. The van der Waals surface area contributed by atoms with E-state index in [2.05, 4.69) is 10.3 Å². The molecular weight excluding hydrogens is 196 g/mol. The number of carboxylic acids is 1. The van der Waals surface area contributed by atoms with E-state index in [1.165, 1.54) is 0 Å². The smallest absolute Gasteiger partial charge is 0.352 e. The number of carboxylic acid groups (broad SMARTS) is 1. The second kappa shape index (κ2) is 3.56. The Morgan fingerprint density at radius 3 is 3.00 bits per heavy atom. The lowest BCUT2D eigenvalue weighted by molar-refractivity contribution is 0.0685. The highest BCUT2D eigenvalue weighted by Gasteiger charge is 2.09. The van der Waals surface area contributed by atoms with Crippen LogP contribution in [0.15, 0.2) is 24.5 Å². The van der Waals surface area contributed by atoms with E-state index in [0.717, 1.165) is 5.69 Å². The molecule has 2 aromatic heterocycles. The van der Waals surface area contributed by atoms with Crippen molar-refractivity contribution in [1.82, 2.24) is 19.6 Å². The first-order valence-electron chi connectivity index (χ1n) is 4.40. The summed E-state index contributed by atoms with van der Waals surface area (Å²) in [7, 11) is 1.77. The molecule has 2 heterocycles. The maximum atomic E-state index is 10.8. The Hall–Kier alpha value is -2.11. The van der Waals surface area contributed by atoms with Crippen molar-refractivity contribution >= 4 is 5.97 Å². The number of carbonyl (C=O) groups is 1. The van der Waals surface area contributed by atoms with Gasteiger partial charge in [0.05, 0.1) is 6.54 Å². The first-order valence-corrected chi connectivity index (χ1v) is 4.40. The van der Waals surface area contributed by atoms with Gasteiger partial charge in [0.2, 0.25) is 0 Å². The average molecular weight is 206 g/mol. The van der Waals surface area contributed by atoms with Gasteiger partial charge >= 0.3 is 5.97 Å². The quantitative estimate of drug-likeness (QED) is 0.787. The summed E-state index contributed by atoms with van der Waals surface area (Å²) < 4.78 is 3.20. The summed E-state index contributed by atoms with van der Waals surface area (Å²) in [5.74, 6) is -0.941. The molecule has 0 aromatic carbocycles. The van der Waals surface area contributed by atoms with Crippen LogP contribution >= 0.6 is 0 Å². The van der Waals surface area contributed by atoms with Gasteiger partial charge in [-0.2, -0.15) is 0 Å². The molecular formula is C9H10N4O2. The van der Waals surface area contributed by atoms with Crippen LogP contribution in [0, 0.1) is 0 Å². The van der Waals surface area contributed by atoms with Gasteiger partial charge in [-0.05, 0) is 12.1 Å². The van der Waals surface area contributed by atoms with Crippen molar-refractivity contribution in [2.45, 2.75) is 6.54 Å². The fourth-order valence-corrected chi connectivity index (χ4v) is 1.39. The van der Waals surface area contributed by atoms with E-state index in [-0.39, 0.29) is 5.69 Å². The van der Waals surface area contributed by atoms with Crippen LogP contribution in [-0.4, -0.2) is 30.6 Å². The predicted molar refractivity (Wildman–Crippen MR) is 51.5 cm³/mol. The molecule has 0 bridgehead atoms. The fourth-order valence-electron chi connectivity index (χ4n) is 1.39. The summed E-state index contributed by atoms with van der Waals surface area (Å²) in [6, 6.07) is 3.25. The summed E-state index contributed by atoms with van der Waals surface area (Å²) in [5, 5.41) is 16.5. The minimum absolute atomic E-state index is 0.251. The number of nitrogens with zero attached hydrogens (tertiary/aromatic N) is 4. The molecule has 0 atom stereocenters. The average Bonchev–Trinajstić information content (AvgIpc) is 2.75. The molecule has 15 heavy (non-hydrogen) atoms. The molecule has 0 saturated carbocycles. The van der Waals surface area contributed by atoms with Crippen molar-refractivity contribution in [3.63, 3.8) is 0 Å². The second-order valence-corrected chi connectivity index (χ2v) is 3.21. The molecule has 6 nitrogen and oxygen atoms in total. The van der Waals surface area contributed by atoms with Crippen molar-refractivity contribution in [3.05, 3.63) is 35.9 Å². The van der Waals surface area contributed by atoms with Gasteiger partial charge < -0.3 is 9.67 Å². The zero-order chi connectivity index (χ0) is 10.8. The van der Waals surface area contributed by atoms with E-state index in [1.807, 2.05) is 0 Å². The molecule has 0 aliphatic carbocycles. The van der Waals surface area contributed by atoms with Gasteiger partial charge in [0.15, 0.2) is 0 Å². The molecule has 78 valence electrons. The third kappa shape index (κ3) is 1.88. The summed E-state index contributed by atoms with van der Waals surface area (Å²) in [4.78, 5) is 10.8. The molecule has 0 radical (unpaired) electrons. The lowest BCUT2D eigenvalue weighted by Gasteiger charge is -2.02. The van der Waals surface area contributed by atoms with E-state index in [0.29, 0.717) is 6.54 Å². The second-order valence-electron chi connectivity index (χ2n) is 3.21. The van der Waals surface area contributed by atoms with Gasteiger partial charge in [-0.3, -0.25) is 4.68 Å². The van der Waals surface area contributed by atoms with Crippen molar-refractivity contribution < 1.29 is 9.90 Å². The Balaban J connectivity index is 2.24. The van der Waals surface area contributed by atoms with Gasteiger partial charge in [0, 0.05) is 19.4 Å². The summed E-state index contributed by atoms with van der Waals surface area (Å²) in [6.07, 6.45) is 3.46. The zero-order valence-corrected chi connectivity index (χ0v) is 8.16. The maximum Gasteiger partial charge on any atom is 0.352 e. The highest BCUT2D eigenvalue weighted by Crippen LogP contribution is 2.05. The topological polar surface area (TPSA) is 72.9 Å². The van der Waals surface area contributed by atoms with Crippen molar-refractivity contribution in [1.29, 1.82) is 0 Å². The maximum absolute atomic E-state index is 10.8. The number of aromatic carboxylic acids is 1. The minimum Gasteiger partial charge on any atom is -0.477 e. The van der Waals surface area contributed by atoms with Gasteiger partial charge in [-0.1, -0.05) is 5.21 Å². The van der Waals surface area contributed by atoms with Crippen molar-refractivity contribution in [2.24, 2.45) is 7.05 Å². The van der Waals surface area contributed by atoms with E-state index in [1.54, 1.807) is 40.8 Å². The Morgan fingerprint density at radius 1 is 1.60 bits per heavy atom. The van der Waals surface area contributed by atoms with Crippen LogP contribution in [0.5, 0.6) is 0 Å². The largest absolute Gasteiger partial charge is 0.477 e. The molecule has 1 N–H and O–H groups in total. The van der Waals surface area contributed by atoms with E-state index >= 15 is 0 Å². The monoisotopic (exact) mass is 206 g/mol. The highest BCUT2D eigenvalue weighted by atomic mass is 16.4. The first kappa shape index (κ1) is 9.45.